The Bertz CT molecular complexity index is 972. The predicted molar refractivity (Wildman–Crippen MR) is 107 cm³/mol. The van der Waals surface area contributed by atoms with Crippen molar-refractivity contribution in [2.75, 3.05) is 17.2 Å². The van der Waals surface area contributed by atoms with Crippen LogP contribution >= 0.6 is 11.3 Å². The van der Waals surface area contributed by atoms with Crippen LogP contribution < -0.4 is 15.4 Å². The number of carbonyl (C=O) groups excluding carboxylic acids is 1. The Morgan fingerprint density at radius 3 is 2.59 bits per heavy atom. The van der Waals surface area contributed by atoms with E-state index in [1.807, 2.05) is 6.92 Å². The second-order valence-corrected chi connectivity index (χ2v) is 6.89. The number of hydrogen-bond acceptors (Lipinski definition) is 5. The summed E-state index contributed by atoms with van der Waals surface area (Å²) in [6.07, 6.45) is -4.36. The fourth-order valence-electron chi connectivity index (χ4n) is 2.51. The average molecular weight is 421 g/mol. The maximum absolute atomic E-state index is 12.8. The molecule has 5 nitrogen and oxygen atoms in total. The summed E-state index contributed by atoms with van der Waals surface area (Å²) in [6, 6.07) is 11.9. The SMILES string of the molecule is CCOc1ccc(NC(=O)Cc2csc(Nc3cccc(C(F)(F)F)c3)n2)cc1. The molecule has 0 aliphatic carbocycles. The van der Waals surface area contributed by atoms with Crippen molar-refractivity contribution in [1.29, 1.82) is 0 Å². The number of nitrogens with one attached hydrogen (secondary N) is 2. The molecule has 0 aliphatic rings. The number of alkyl halides is 3. The minimum Gasteiger partial charge on any atom is -0.494 e. The molecule has 2 aromatic carbocycles. The molecule has 29 heavy (non-hydrogen) atoms. The maximum Gasteiger partial charge on any atom is 0.416 e. The zero-order valence-corrected chi connectivity index (χ0v) is 16.2. The molecule has 0 radical (unpaired) electrons. The fourth-order valence-corrected chi connectivity index (χ4v) is 3.24. The summed E-state index contributed by atoms with van der Waals surface area (Å²) in [5.74, 6) is 0.473. The van der Waals surface area contributed by atoms with Gasteiger partial charge in [-0.25, -0.2) is 4.98 Å². The Kier molecular flexibility index (Phi) is 6.38. The second kappa shape index (κ2) is 8.95. The Morgan fingerprint density at radius 1 is 1.14 bits per heavy atom. The molecule has 0 spiro atoms. The third-order valence-corrected chi connectivity index (χ3v) is 4.59. The Labute approximate surface area is 169 Å². The number of aromatic nitrogens is 1. The van der Waals surface area contributed by atoms with E-state index in [9.17, 15) is 18.0 Å². The quantitative estimate of drug-likeness (QED) is 0.530. The number of thiazole rings is 1. The Morgan fingerprint density at radius 2 is 1.90 bits per heavy atom. The van der Waals surface area contributed by atoms with Gasteiger partial charge in [-0.05, 0) is 49.4 Å². The minimum absolute atomic E-state index is 0.0496. The maximum atomic E-state index is 12.8. The number of rotatable bonds is 7. The number of ether oxygens (including phenoxy) is 1. The standard InChI is InChI=1S/C20H18F3N3O2S/c1-2-28-17-8-6-14(7-9-17)24-18(27)11-16-12-29-19(26-16)25-15-5-3-4-13(10-15)20(21,22)23/h3-10,12H,2,11H2,1H3,(H,24,27)(H,25,26). The van der Waals surface area contributed by atoms with Crippen LogP contribution in [0.1, 0.15) is 18.2 Å². The molecule has 0 fully saturated rings. The first-order chi connectivity index (χ1) is 13.8. The molecule has 3 rings (SSSR count). The molecule has 3 aromatic rings. The molecule has 2 N–H and O–H groups in total. The van der Waals surface area contributed by atoms with Gasteiger partial charge in [-0.3, -0.25) is 4.79 Å². The van der Waals surface area contributed by atoms with E-state index >= 15 is 0 Å². The molecular formula is C20H18F3N3O2S. The molecule has 0 aliphatic heterocycles. The molecule has 152 valence electrons. The third-order valence-electron chi connectivity index (χ3n) is 3.78. The van der Waals surface area contributed by atoms with Gasteiger partial charge < -0.3 is 15.4 Å². The molecule has 0 atom stereocenters. The van der Waals surface area contributed by atoms with Crippen LogP contribution in [0.5, 0.6) is 5.75 Å². The van der Waals surface area contributed by atoms with Gasteiger partial charge in [0.1, 0.15) is 5.75 Å². The molecule has 0 unspecified atom stereocenters. The number of benzene rings is 2. The van der Waals surface area contributed by atoms with Crippen molar-refractivity contribution in [2.45, 2.75) is 19.5 Å². The zero-order valence-electron chi connectivity index (χ0n) is 15.4. The van der Waals surface area contributed by atoms with E-state index in [4.69, 9.17) is 4.74 Å². The van der Waals surface area contributed by atoms with Crippen LogP contribution in [0.15, 0.2) is 53.9 Å². The molecule has 0 saturated carbocycles. The monoisotopic (exact) mass is 421 g/mol. The van der Waals surface area contributed by atoms with Gasteiger partial charge in [0.05, 0.1) is 24.3 Å². The highest BCUT2D eigenvalue weighted by atomic mass is 32.1. The first kappa shape index (κ1) is 20.7. The molecule has 1 heterocycles. The van der Waals surface area contributed by atoms with E-state index in [-0.39, 0.29) is 18.0 Å². The number of carbonyl (C=O) groups is 1. The number of amides is 1. The van der Waals surface area contributed by atoms with Gasteiger partial charge in [0, 0.05) is 16.8 Å². The topological polar surface area (TPSA) is 63.2 Å². The van der Waals surface area contributed by atoms with Gasteiger partial charge in [-0.2, -0.15) is 13.2 Å². The minimum atomic E-state index is -4.41. The van der Waals surface area contributed by atoms with E-state index in [1.54, 1.807) is 29.6 Å². The first-order valence-corrected chi connectivity index (χ1v) is 9.63. The van der Waals surface area contributed by atoms with Crippen molar-refractivity contribution < 1.29 is 22.7 Å². The van der Waals surface area contributed by atoms with Crippen molar-refractivity contribution >= 4 is 33.8 Å². The van der Waals surface area contributed by atoms with Crippen LogP contribution in [0.4, 0.5) is 29.7 Å². The van der Waals surface area contributed by atoms with Crippen LogP contribution in [0, 0.1) is 0 Å². The Hall–Kier alpha value is -3.07. The van der Waals surface area contributed by atoms with Gasteiger partial charge in [-0.1, -0.05) is 6.07 Å². The summed E-state index contributed by atoms with van der Waals surface area (Å²) in [5.41, 5.74) is 0.692. The van der Waals surface area contributed by atoms with Crippen LogP contribution in [0.25, 0.3) is 0 Å². The highest BCUT2D eigenvalue weighted by Crippen LogP contribution is 2.31. The fraction of sp³-hybridized carbons (Fsp3) is 0.200. The van der Waals surface area contributed by atoms with Gasteiger partial charge in [0.25, 0.3) is 0 Å². The van der Waals surface area contributed by atoms with Gasteiger partial charge in [0.2, 0.25) is 5.91 Å². The summed E-state index contributed by atoms with van der Waals surface area (Å²) >= 11 is 1.21. The highest BCUT2D eigenvalue weighted by Gasteiger charge is 2.30. The van der Waals surface area contributed by atoms with E-state index in [0.29, 0.717) is 23.1 Å². The third kappa shape index (κ3) is 5.95. The van der Waals surface area contributed by atoms with Crippen molar-refractivity contribution in [1.82, 2.24) is 4.98 Å². The van der Waals surface area contributed by atoms with E-state index in [2.05, 4.69) is 15.6 Å². The molecule has 0 saturated heterocycles. The van der Waals surface area contributed by atoms with E-state index < -0.39 is 11.7 Å². The Balaban J connectivity index is 1.58. The number of hydrogen-bond donors (Lipinski definition) is 2. The molecule has 1 aromatic heterocycles. The summed E-state index contributed by atoms with van der Waals surface area (Å²) in [4.78, 5) is 16.5. The van der Waals surface area contributed by atoms with Gasteiger partial charge in [-0.15, -0.1) is 11.3 Å². The van der Waals surface area contributed by atoms with Gasteiger partial charge in [0.15, 0.2) is 5.13 Å². The van der Waals surface area contributed by atoms with Crippen molar-refractivity contribution in [3.63, 3.8) is 0 Å². The zero-order chi connectivity index (χ0) is 20.9. The summed E-state index contributed by atoms with van der Waals surface area (Å²) < 4.78 is 43.8. The lowest BCUT2D eigenvalue weighted by molar-refractivity contribution is -0.137. The summed E-state index contributed by atoms with van der Waals surface area (Å²) in [5, 5.41) is 7.71. The predicted octanol–water partition coefficient (Wildman–Crippen LogP) is 5.49. The molecular weight excluding hydrogens is 403 g/mol. The number of anilines is 3. The van der Waals surface area contributed by atoms with Crippen molar-refractivity contribution in [3.05, 3.63) is 65.2 Å². The first-order valence-electron chi connectivity index (χ1n) is 8.75. The molecule has 9 heteroatoms. The lowest BCUT2D eigenvalue weighted by Gasteiger charge is -2.09. The normalized spacial score (nSPS) is 11.2. The largest absolute Gasteiger partial charge is 0.494 e. The highest BCUT2D eigenvalue weighted by molar-refractivity contribution is 7.13. The number of halogens is 3. The summed E-state index contributed by atoms with van der Waals surface area (Å²) in [7, 11) is 0. The summed E-state index contributed by atoms with van der Waals surface area (Å²) in [6.45, 7) is 2.45. The van der Waals surface area contributed by atoms with Crippen molar-refractivity contribution in [3.8, 4) is 5.75 Å². The van der Waals surface area contributed by atoms with Crippen LogP contribution in [0.3, 0.4) is 0 Å². The lowest BCUT2D eigenvalue weighted by Crippen LogP contribution is -2.14. The van der Waals surface area contributed by atoms with E-state index in [0.717, 1.165) is 17.9 Å². The smallest absolute Gasteiger partial charge is 0.416 e. The van der Waals surface area contributed by atoms with Crippen LogP contribution in [-0.2, 0) is 17.4 Å². The van der Waals surface area contributed by atoms with Gasteiger partial charge >= 0.3 is 6.18 Å². The second-order valence-electron chi connectivity index (χ2n) is 6.03. The molecule has 1 amide bonds. The number of nitrogens with zero attached hydrogens (tertiary/aromatic N) is 1. The molecule has 0 bridgehead atoms. The van der Waals surface area contributed by atoms with Crippen LogP contribution in [-0.4, -0.2) is 17.5 Å². The van der Waals surface area contributed by atoms with Crippen molar-refractivity contribution in [2.24, 2.45) is 0 Å². The average Bonchev–Trinajstić information content (AvgIpc) is 3.09. The lowest BCUT2D eigenvalue weighted by atomic mass is 10.2. The van der Waals surface area contributed by atoms with E-state index in [1.165, 1.54) is 23.5 Å². The van der Waals surface area contributed by atoms with Crippen LogP contribution in [0.2, 0.25) is 0 Å².